The summed E-state index contributed by atoms with van der Waals surface area (Å²) in [6.45, 7) is 0.691. The van der Waals surface area contributed by atoms with Crippen molar-refractivity contribution < 1.29 is 93.5 Å². The van der Waals surface area contributed by atoms with E-state index in [4.69, 9.17) is 55.1 Å². The maximum Gasteiger partial charge on any atom is 0.475 e. The van der Waals surface area contributed by atoms with Gasteiger partial charge in [-0.25, -0.2) is 13.7 Å². The molecule has 20 nitrogen and oxygen atoms in total. The summed E-state index contributed by atoms with van der Waals surface area (Å²) in [5.41, 5.74) is 2.14. The van der Waals surface area contributed by atoms with E-state index in [0.29, 0.717) is 35.1 Å². The molecular formula is C55H77O20P3. The van der Waals surface area contributed by atoms with Gasteiger partial charge in [0.2, 0.25) is 0 Å². The number of phosphoric ester groups is 3. The summed E-state index contributed by atoms with van der Waals surface area (Å²) >= 11 is 0. The zero-order valence-electron chi connectivity index (χ0n) is 44.6. The van der Waals surface area contributed by atoms with Gasteiger partial charge in [0.05, 0.1) is 33.0 Å². The molecule has 1 unspecified atom stereocenters. The average molecular weight is 1150 g/mol. The molecule has 1 fully saturated rings. The smallest absolute Gasteiger partial charge is 0.462 e. The number of carbonyl (C=O) groups is 2. The molecule has 1 saturated carbocycles. The Morgan fingerprint density at radius 1 is 0.487 bits per heavy atom. The van der Waals surface area contributed by atoms with Crippen LogP contribution in [0.15, 0.2) is 121 Å². The van der Waals surface area contributed by atoms with Crippen LogP contribution in [-0.2, 0) is 105 Å². The number of aliphatic hydroxyl groups is 2. The van der Waals surface area contributed by atoms with Crippen LogP contribution in [-0.4, -0.2) is 96.9 Å². The van der Waals surface area contributed by atoms with Gasteiger partial charge in [0, 0.05) is 20.0 Å². The number of ether oxygens (including phenoxy) is 4. The van der Waals surface area contributed by atoms with E-state index in [-0.39, 0.29) is 39.3 Å². The van der Waals surface area contributed by atoms with Crippen molar-refractivity contribution in [2.24, 2.45) is 0 Å². The number of rotatable bonds is 39. The molecule has 4 aromatic rings. The molecule has 0 heterocycles. The van der Waals surface area contributed by atoms with E-state index >= 15 is 9.13 Å². The van der Waals surface area contributed by atoms with Gasteiger partial charge in [-0.1, -0.05) is 187 Å². The molecule has 0 bridgehead atoms. The minimum absolute atomic E-state index is 0.0162. The number of esters is 2. The topological polar surface area (TPSA) is 257 Å². The van der Waals surface area contributed by atoms with E-state index < -0.39 is 98.1 Å². The Morgan fingerprint density at radius 3 is 1.31 bits per heavy atom. The zero-order valence-corrected chi connectivity index (χ0v) is 47.3. The molecule has 8 atom stereocenters. The highest BCUT2D eigenvalue weighted by Crippen LogP contribution is 2.59. The Bertz CT molecular complexity index is 2350. The van der Waals surface area contributed by atoms with Crippen LogP contribution in [0, 0.1) is 0 Å². The number of methoxy groups -OCH3 is 1. The molecule has 4 aromatic carbocycles. The van der Waals surface area contributed by atoms with E-state index in [0.717, 1.165) is 51.4 Å². The summed E-state index contributed by atoms with van der Waals surface area (Å²) in [6, 6.07) is 34.3. The standard InChI is InChI=1S/C55H77O20P3/c1-4-6-8-10-24-34-48(56)65-40-47(72-49(57)35-25-11-9-7-5-2)41-67-76(60,61)73-52-50(58)53(66-42-64-3)55(75-78(63,70-38-45-30-20-14-21-31-45)71-39-46-32-22-15-23-33-46)54(51(52)59)74-77(62,68-36-43-26-16-12-17-27-43)69-37-44-28-18-13-19-29-44/h12-23,26-33,47,50-55,58-59H,4-11,24-25,34-42H2,1-3H3,(H,60,61)/t47-,50+,51+,52-,53+,54-,55-/m1/s1. The highest BCUT2D eigenvalue weighted by molar-refractivity contribution is 7.49. The lowest BCUT2D eigenvalue weighted by Crippen LogP contribution is -2.66. The third-order valence-electron chi connectivity index (χ3n) is 12.2. The van der Waals surface area contributed by atoms with Gasteiger partial charge in [-0.3, -0.25) is 45.8 Å². The van der Waals surface area contributed by atoms with E-state index in [9.17, 15) is 29.3 Å². The van der Waals surface area contributed by atoms with E-state index in [1.54, 1.807) is 121 Å². The summed E-state index contributed by atoms with van der Waals surface area (Å²) < 4.78 is 113. The second-order valence-electron chi connectivity index (χ2n) is 18.5. The van der Waals surface area contributed by atoms with Gasteiger partial charge in [-0.05, 0) is 35.1 Å². The van der Waals surface area contributed by atoms with E-state index in [1.807, 2.05) is 0 Å². The van der Waals surface area contributed by atoms with E-state index in [2.05, 4.69) is 13.8 Å². The third kappa shape index (κ3) is 23.6. The normalized spacial score (nSPS) is 19.9. The maximum absolute atomic E-state index is 15.1. The van der Waals surface area contributed by atoms with Crippen LogP contribution in [0.1, 0.15) is 113 Å². The Kier molecular flexibility index (Phi) is 29.1. The van der Waals surface area contributed by atoms with Gasteiger partial charge in [0.1, 0.15) is 50.0 Å². The van der Waals surface area contributed by atoms with Gasteiger partial charge in [0.15, 0.2) is 6.10 Å². The molecule has 78 heavy (non-hydrogen) atoms. The van der Waals surface area contributed by atoms with Crippen molar-refractivity contribution in [3.8, 4) is 0 Å². The van der Waals surface area contributed by atoms with Crippen molar-refractivity contribution in [3.05, 3.63) is 144 Å². The lowest BCUT2D eigenvalue weighted by Gasteiger charge is -2.47. The third-order valence-corrected chi connectivity index (χ3v) is 15.9. The number of hydrogen-bond acceptors (Lipinski definition) is 19. The highest BCUT2D eigenvalue weighted by Gasteiger charge is 2.59. The van der Waals surface area contributed by atoms with Crippen molar-refractivity contribution in [1.29, 1.82) is 0 Å². The van der Waals surface area contributed by atoms with Gasteiger partial charge in [-0.2, -0.15) is 0 Å². The summed E-state index contributed by atoms with van der Waals surface area (Å²) in [5.74, 6) is -1.25. The number of carbonyl (C=O) groups excluding carboxylic acids is 2. The summed E-state index contributed by atoms with van der Waals surface area (Å²) in [5, 5.41) is 24.6. The molecule has 0 saturated heterocycles. The second-order valence-corrected chi connectivity index (χ2v) is 23.2. The van der Waals surface area contributed by atoms with Crippen LogP contribution in [0.25, 0.3) is 0 Å². The number of hydrogen-bond donors (Lipinski definition) is 3. The predicted molar refractivity (Wildman–Crippen MR) is 287 cm³/mol. The quantitative estimate of drug-likeness (QED) is 0.0162. The van der Waals surface area contributed by atoms with Gasteiger partial charge < -0.3 is 34.1 Å². The van der Waals surface area contributed by atoms with Crippen LogP contribution < -0.4 is 0 Å². The van der Waals surface area contributed by atoms with Crippen molar-refractivity contribution in [2.75, 3.05) is 27.1 Å². The van der Waals surface area contributed by atoms with E-state index in [1.165, 1.54) is 7.11 Å². The van der Waals surface area contributed by atoms with Gasteiger partial charge >= 0.3 is 35.4 Å². The Balaban J connectivity index is 1.49. The monoisotopic (exact) mass is 1150 g/mol. The Morgan fingerprint density at radius 2 is 0.885 bits per heavy atom. The van der Waals surface area contributed by atoms with Crippen molar-refractivity contribution in [3.63, 3.8) is 0 Å². The first-order chi connectivity index (χ1) is 37.6. The fourth-order valence-corrected chi connectivity index (χ4v) is 11.7. The highest BCUT2D eigenvalue weighted by atomic mass is 31.2. The molecule has 1 aliphatic rings. The number of phosphoric acid groups is 3. The summed E-state index contributed by atoms with van der Waals surface area (Å²) in [4.78, 5) is 37.2. The molecule has 0 aromatic heterocycles. The first-order valence-electron chi connectivity index (χ1n) is 26.4. The first-order valence-corrected chi connectivity index (χ1v) is 30.8. The molecule has 3 N–H and O–H groups in total. The van der Waals surface area contributed by atoms with Crippen LogP contribution in [0.2, 0.25) is 0 Å². The minimum atomic E-state index is -5.50. The summed E-state index contributed by atoms with van der Waals surface area (Å²) in [7, 11) is -14.2. The SMILES string of the molecule is CCCCCCCC(=O)OC[C@H](COP(=O)(O)O[C@H]1[C@H](O)[C@@H](OP(=O)(OCc2ccccc2)OCc2ccccc2)[C@H](OP(=O)(OCc2ccccc2)OCc2ccccc2)[C@@H](OCOC)[C@H]1O)OC(=O)CCCCCCC. The van der Waals surface area contributed by atoms with Crippen LogP contribution >= 0.6 is 23.5 Å². The predicted octanol–water partition coefficient (Wildman–Crippen LogP) is 11.2. The summed E-state index contributed by atoms with van der Waals surface area (Å²) in [6.07, 6.45) is -5.71. The molecule has 5 rings (SSSR count). The first kappa shape index (κ1) is 64.8. The zero-order chi connectivity index (χ0) is 56.1. The lowest BCUT2D eigenvalue weighted by molar-refractivity contribution is -0.242. The fourth-order valence-electron chi connectivity index (χ4n) is 7.99. The molecular weight excluding hydrogens is 1070 g/mol. The molecule has 432 valence electrons. The van der Waals surface area contributed by atoms with Crippen molar-refractivity contribution in [2.45, 2.75) is 160 Å². The second kappa shape index (κ2) is 35.0. The Labute approximate surface area is 458 Å². The van der Waals surface area contributed by atoms with Gasteiger partial charge in [-0.15, -0.1) is 0 Å². The van der Waals surface area contributed by atoms with Crippen LogP contribution in [0.4, 0.5) is 0 Å². The molecule has 23 heteroatoms. The number of unbranched alkanes of at least 4 members (excludes halogenated alkanes) is 8. The van der Waals surface area contributed by atoms with Crippen molar-refractivity contribution in [1.82, 2.24) is 0 Å². The van der Waals surface area contributed by atoms with Gasteiger partial charge in [0.25, 0.3) is 0 Å². The molecule has 1 aliphatic carbocycles. The molecule has 0 aliphatic heterocycles. The minimum Gasteiger partial charge on any atom is -0.462 e. The van der Waals surface area contributed by atoms with Crippen LogP contribution in [0.3, 0.4) is 0 Å². The van der Waals surface area contributed by atoms with Crippen LogP contribution in [0.5, 0.6) is 0 Å². The van der Waals surface area contributed by atoms with Crippen molar-refractivity contribution >= 4 is 35.4 Å². The number of aliphatic hydroxyl groups excluding tert-OH is 2. The lowest BCUT2D eigenvalue weighted by atomic mass is 9.85. The molecule has 0 radical (unpaired) electrons. The Hall–Kier alpha value is -4.01. The fraction of sp³-hybridized carbons (Fsp3) is 0.527. The molecule has 0 spiro atoms. The number of benzene rings is 4. The average Bonchev–Trinajstić information content (AvgIpc) is 3.54. The molecule has 0 amide bonds. The largest absolute Gasteiger partial charge is 0.475 e. The maximum atomic E-state index is 15.1.